The fraction of sp³-hybridized carbons (Fsp3) is 0.455. The molecule has 13 heavy (non-hydrogen) atoms. The number of hydrogen-bond donors (Lipinski definition) is 0. The maximum absolute atomic E-state index is 13.5. The molecule has 1 aromatic carbocycles. The first-order valence-electron chi connectivity index (χ1n) is 4.85. The Kier molecular flexibility index (Phi) is 1.27. The van der Waals surface area contributed by atoms with E-state index in [0.717, 1.165) is 23.7 Å². The molecule has 0 radical (unpaired) electrons. The molecule has 0 atom stereocenters. The van der Waals surface area contributed by atoms with E-state index in [1.165, 1.54) is 12.0 Å². The van der Waals surface area contributed by atoms with E-state index in [-0.39, 0.29) is 5.41 Å². The number of anilines is 1. The maximum Gasteiger partial charge on any atom is 0.0726 e. The molecule has 1 heterocycles. The molecule has 1 aromatic rings. The van der Waals surface area contributed by atoms with Gasteiger partial charge in [-0.3, -0.25) is 0 Å². The summed E-state index contributed by atoms with van der Waals surface area (Å²) in [5, 5.41) is 0.911. The van der Waals surface area contributed by atoms with E-state index in [9.17, 15) is 4.48 Å². The fourth-order valence-corrected chi connectivity index (χ4v) is 2.60. The Balaban J connectivity index is 2.15. The lowest BCUT2D eigenvalue weighted by molar-refractivity contribution is 0.241. The van der Waals surface area contributed by atoms with Crippen molar-refractivity contribution in [2.45, 2.75) is 24.7 Å². The van der Waals surface area contributed by atoms with Gasteiger partial charge in [0.25, 0.3) is 0 Å². The van der Waals surface area contributed by atoms with Crippen molar-refractivity contribution in [1.82, 2.24) is 0 Å². The Labute approximate surface area is 77.1 Å². The molecular weight excluding hydrogens is 165 g/mol. The summed E-state index contributed by atoms with van der Waals surface area (Å²) in [5.74, 6) is 0. The first kappa shape index (κ1) is 7.36. The Morgan fingerprint density at radius 3 is 2.69 bits per heavy atom. The summed E-state index contributed by atoms with van der Waals surface area (Å²) in [7, 11) is 0. The molecule has 0 N–H and O–H groups in total. The molecule has 0 unspecified atom stereocenters. The van der Waals surface area contributed by atoms with Crippen molar-refractivity contribution < 1.29 is 4.48 Å². The summed E-state index contributed by atoms with van der Waals surface area (Å²) in [6.45, 7) is 0.576. The van der Waals surface area contributed by atoms with Gasteiger partial charge in [-0.05, 0) is 24.5 Å². The molecule has 1 fully saturated rings. The molecule has 1 nitrogen and oxygen atoms in total. The fourth-order valence-electron chi connectivity index (χ4n) is 2.60. The summed E-state index contributed by atoms with van der Waals surface area (Å²) < 4.78 is 13.5. The minimum Gasteiger partial charge on any atom is -0.211 e. The molecule has 1 spiro atoms. The van der Waals surface area contributed by atoms with E-state index in [1.807, 2.05) is 18.2 Å². The van der Waals surface area contributed by atoms with Crippen LogP contribution in [0.3, 0.4) is 0 Å². The zero-order chi connectivity index (χ0) is 8.89. The van der Waals surface area contributed by atoms with Crippen molar-refractivity contribution in [2.75, 3.05) is 11.7 Å². The number of fused-ring (bicyclic) bond motifs is 2. The van der Waals surface area contributed by atoms with Gasteiger partial charge in [-0.1, -0.05) is 29.1 Å². The monoisotopic (exact) mass is 177 g/mol. The summed E-state index contributed by atoms with van der Waals surface area (Å²) in [5.41, 5.74) is 2.19. The number of rotatable bonds is 0. The third-order valence-electron chi connectivity index (χ3n) is 3.49. The minimum atomic E-state index is 0.172. The van der Waals surface area contributed by atoms with Crippen LogP contribution >= 0.6 is 0 Å². The van der Waals surface area contributed by atoms with Crippen LogP contribution in [0, 0.1) is 0 Å². The van der Waals surface area contributed by atoms with Crippen molar-refractivity contribution in [3.8, 4) is 0 Å². The molecule has 0 aromatic heterocycles. The second-order valence-corrected chi connectivity index (χ2v) is 4.17. The van der Waals surface area contributed by atoms with Crippen LogP contribution in [-0.4, -0.2) is 6.54 Å². The zero-order valence-corrected chi connectivity index (χ0v) is 7.46. The highest BCUT2D eigenvalue weighted by molar-refractivity contribution is 5.61. The number of benzene rings is 1. The maximum atomic E-state index is 13.5. The number of para-hydroxylation sites is 1. The zero-order valence-electron chi connectivity index (χ0n) is 7.46. The van der Waals surface area contributed by atoms with E-state index in [4.69, 9.17) is 0 Å². The van der Waals surface area contributed by atoms with Gasteiger partial charge in [0.1, 0.15) is 0 Å². The summed E-state index contributed by atoms with van der Waals surface area (Å²) in [6.07, 6.45) is 3.57. The number of hydrogen-bond acceptors (Lipinski definition) is 1. The second kappa shape index (κ2) is 2.25. The van der Waals surface area contributed by atoms with Crippen LogP contribution in [0.4, 0.5) is 10.2 Å². The lowest BCUT2D eigenvalue weighted by Crippen LogP contribution is -2.37. The molecule has 0 bridgehead atoms. The van der Waals surface area contributed by atoms with Crippen LogP contribution in [0.25, 0.3) is 0 Å². The molecule has 1 aliphatic heterocycles. The molecule has 0 amide bonds. The van der Waals surface area contributed by atoms with E-state index in [1.54, 1.807) is 0 Å². The molecule has 0 saturated heterocycles. The quantitative estimate of drug-likeness (QED) is 0.551. The lowest BCUT2D eigenvalue weighted by Gasteiger charge is -2.38. The van der Waals surface area contributed by atoms with Crippen LogP contribution in [0.1, 0.15) is 24.8 Å². The Bertz CT molecular complexity index is 344. The smallest absolute Gasteiger partial charge is 0.0726 e. The third-order valence-corrected chi connectivity index (χ3v) is 3.49. The summed E-state index contributed by atoms with van der Waals surface area (Å²) in [6, 6.07) is 7.87. The molecule has 2 aliphatic rings. The highest BCUT2D eigenvalue weighted by Gasteiger charge is 2.47. The highest BCUT2D eigenvalue weighted by Crippen LogP contribution is 2.52. The van der Waals surface area contributed by atoms with Gasteiger partial charge in [0.15, 0.2) is 0 Å². The van der Waals surface area contributed by atoms with Crippen molar-refractivity contribution >= 4 is 5.69 Å². The summed E-state index contributed by atoms with van der Waals surface area (Å²) >= 11 is 0. The van der Waals surface area contributed by atoms with E-state index in [2.05, 4.69) is 6.07 Å². The topological polar surface area (TPSA) is 3.24 Å². The molecule has 1 aliphatic carbocycles. The van der Waals surface area contributed by atoms with Crippen LogP contribution in [0.2, 0.25) is 0 Å². The third kappa shape index (κ3) is 0.808. The summed E-state index contributed by atoms with van der Waals surface area (Å²) in [4.78, 5) is 0. The highest BCUT2D eigenvalue weighted by atomic mass is 19.2. The average molecular weight is 177 g/mol. The Morgan fingerprint density at radius 1 is 1.23 bits per heavy atom. The standard InChI is InChI=1S/C11H12FN/c12-13-8-11(6-3-7-11)9-4-1-2-5-10(9)13/h1-2,4-5H,3,6-8H2. The van der Waals surface area contributed by atoms with Gasteiger partial charge in [-0.15, -0.1) is 0 Å². The second-order valence-electron chi connectivity index (χ2n) is 4.17. The van der Waals surface area contributed by atoms with Gasteiger partial charge in [-0.25, -0.2) is 5.12 Å². The Morgan fingerprint density at radius 2 is 2.00 bits per heavy atom. The van der Waals surface area contributed by atoms with E-state index >= 15 is 0 Å². The van der Waals surface area contributed by atoms with Crippen molar-refractivity contribution in [3.05, 3.63) is 29.8 Å². The molecule has 3 rings (SSSR count). The van der Waals surface area contributed by atoms with Crippen molar-refractivity contribution in [2.24, 2.45) is 0 Å². The largest absolute Gasteiger partial charge is 0.211 e. The van der Waals surface area contributed by atoms with Crippen LogP contribution in [0.5, 0.6) is 0 Å². The van der Waals surface area contributed by atoms with Crippen molar-refractivity contribution in [3.63, 3.8) is 0 Å². The van der Waals surface area contributed by atoms with E-state index in [0.29, 0.717) is 6.54 Å². The molecule has 1 saturated carbocycles. The average Bonchev–Trinajstić information content (AvgIpc) is 2.40. The number of nitrogens with zero attached hydrogens (tertiary/aromatic N) is 1. The van der Waals surface area contributed by atoms with Gasteiger partial charge in [-0.2, -0.15) is 0 Å². The van der Waals surface area contributed by atoms with Gasteiger partial charge >= 0.3 is 0 Å². The van der Waals surface area contributed by atoms with Gasteiger partial charge < -0.3 is 0 Å². The molecule has 2 heteroatoms. The first-order valence-corrected chi connectivity index (χ1v) is 4.85. The molecule has 68 valence electrons. The van der Waals surface area contributed by atoms with Gasteiger partial charge in [0.2, 0.25) is 0 Å². The van der Waals surface area contributed by atoms with Gasteiger partial charge in [0, 0.05) is 5.41 Å². The van der Waals surface area contributed by atoms with Gasteiger partial charge in [0.05, 0.1) is 12.2 Å². The minimum absolute atomic E-state index is 0.172. The predicted octanol–water partition coefficient (Wildman–Crippen LogP) is 2.81. The van der Waals surface area contributed by atoms with Crippen LogP contribution < -0.4 is 5.12 Å². The Hall–Kier alpha value is -1.05. The first-order chi connectivity index (χ1) is 6.32. The van der Waals surface area contributed by atoms with Crippen molar-refractivity contribution in [1.29, 1.82) is 0 Å². The van der Waals surface area contributed by atoms with Crippen LogP contribution in [-0.2, 0) is 5.41 Å². The van der Waals surface area contributed by atoms with Crippen LogP contribution in [0.15, 0.2) is 24.3 Å². The lowest BCUT2D eigenvalue weighted by atomic mass is 9.66. The molecular formula is C11H12FN. The number of halogens is 1. The normalized spacial score (nSPS) is 23.0. The SMILES string of the molecule is FN1CC2(CCC2)c2ccccc21. The van der Waals surface area contributed by atoms with E-state index < -0.39 is 0 Å². The predicted molar refractivity (Wildman–Crippen MR) is 50.4 cm³/mol.